The molecule has 0 unspecified atom stereocenters. The molecule has 4 rings (SSSR count). The second-order valence-corrected chi connectivity index (χ2v) is 15.1. The number of hydrogen-bond donors (Lipinski definition) is 0. The molecule has 0 aromatic heterocycles. The van der Waals surface area contributed by atoms with E-state index in [-0.39, 0.29) is 15.8 Å². The molecule has 0 fully saturated rings. The van der Waals surface area contributed by atoms with Crippen LogP contribution >= 0.6 is 15.8 Å². The molecule has 198 valence electrons. The molecule has 0 bridgehead atoms. The standard InChI is InChI=1S/C36H44P2/c1-29-19-9-13-23-33(29)37(34-24-14-10-20-30(34)2)27-17-7-5-6-8-18-28-38(35-25-15-11-21-31(35)3)36-26-16-12-22-32(36)4/h9-16,19-26H,5-8,17-18,27-28H2,1-4H3. The average molecular weight is 539 g/mol. The molecule has 0 heterocycles. The zero-order chi connectivity index (χ0) is 26.7. The lowest BCUT2D eigenvalue weighted by Crippen LogP contribution is -2.18. The summed E-state index contributed by atoms with van der Waals surface area (Å²) < 4.78 is 0. The van der Waals surface area contributed by atoms with E-state index in [1.807, 2.05) is 0 Å². The highest BCUT2D eigenvalue weighted by Crippen LogP contribution is 2.38. The first kappa shape index (κ1) is 28.7. The molecule has 0 saturated heterocycles. The van der Waals surface area contributed by atoms with Crippen LogP contribution < -0.4 is 21.2 Å². The first-order chi connectivity index (χ1) is 18.6. The van der Waals surface area contributed by atoms with Crippen LogP contribution in [0, 0.1) is 27.7 Å². The van der Waals surface area contributed by atoms with Crippen molar-refractivity contribution < 1.29 is 0 Å². The third-order valence-corrected chi connectivity index (χ3v) is 13.5. The van der Waals surface area contributed by atoms with Crippen molar-refractivity contribution in [1.82, 2.24) is 0 Å². The van der Waals surface area contributed by atoms with Crippen LogP contribution in [-0.4, -0.2) is 12.3 Å². The molecule has 2 heteroatoms. The molecule has 4 aromatic carbocycles. The SMILES string of the molecule is Cc1ccccc1P(CCCCCCCCP(c1ccccc1C)c1ccccc1C)c1ccccc1C. The van der Waals surface area contributed by atoms with Crippen molar-refractivity contribution in [1.29, 1.82) is 0 Å². The van der Waals surface area contributed by atoms with Crippen LogP contribution in [-0.2, 0) is 0 Å². The molecule has 0 nitrogen and oxygen atoms in total. The monoisotopic (exact) mass is 538 g/mol. The lowest BCUT2D eigenvalue weighted by atomic mass is 10.1. The first-order valence-corrected chi connectivity index (χ1v) is 17.4. The van der Waals surface area contributed by atoms with Crippen molar-refractivity contribution in [2.24, 2.45) is 0 Å². The topological polar surface area (TPSA) is 0 Å². The third kappa shape index (κ3) is 7.65. The predicted octanol–water partition coefficient (Wildman–Crippen LogP) is 8.83. The van der Waals surface area contributed by atoms with Crippen LogP contribution in [0.15, 0.2) is 97.1 Å². The Morgan fingerprint density at radius 2 is 0.579 bits per heavy atom. The molecular formula is C36H44P2. The minimum absolute atomic E-state index is 0.284. The van der Waals surface area contributed by atoms with Gasteiger partial charge in [0, 0.05) is 0 Å². The smallest absolute Gasteiger partial charge is 0.0166 e. The maximum Gasteiger partial charge on any atom is -0.0166 e. The van der Waals surface area contributed by atoms with E-state index in [4.69, 9.17) is 0 Å². The van der Waals surface area contributed by atoms with E-state index in [0.29, 0.717) is 0 Å². The Labute approximate surface area is 234 Å². The number of hydrogen-bond acceptors (Lipinski definition) is 0. The summed E-state index contributed by atoms with van der Waals surface area (Å²) in [5, 5.41) is 6.27. The van der Waals surface area contributed by atoms with E-state index in [2.05, 4.69) is 125 Å². The Bertz CT molecular complexity index is 1100. The van der Waals surface area contributed by atoms with Gasteiger partial charge in [0.2, 0.25) is 0 Å². The molecule has 0 aliphatic rings. The maximum atomic E-state index is 2.37. The zero-order valence-electron chi connectivity index (χ0n) is 23.8. The van der Waals surface area contributed by atoms with Crippen LogP contribution in [0.3, 0.4) is 0 Å². The van der Waals surface area contributed by atoms with Gasteiger partial charge in [0.05, 0.1) is 0 Å². The molecular weight excluding hydrogens is 494 g/mol. The zero-order valence-corrected chi connectivity index (χ0v) is 25.6. The summed E-state index contributed by atoms with van der Waals surface area (Å²) in [7, 11) is -0.568. The van der Waals surface area contributed by atoms with Gasteiger partial charge in [-0.1, -0.05) is 123 Å². The lowest BCUT2D eigenvalue weighted by molar-refractivity contribution is 0.628. The van der Waals surface area contributed by atoms with Gasteiger partial charge in [-0.15, -0.1) is 0 Å². The maximum absolute atomic E-state index is 2.37. The van der Waals surface area contributed by atoms with Gasteiger partial charge < -0.3 is 0 Å². The van der Waals surface area contributed by atoms with E-state index in [1.54, 1.807) is 21.2 Å². The molecule has 0 N–H and O–H groups in total. The fourth-order valence-corrected chi connectivity index (χ4v) is 11.1. The molecule has 0 aliphatic heterocycles. The summed E-state index contributed by atoms with van der Waals surface area (Å²) in [5.41, 5.74) is 5.78. The van der Waals surface area contributed by atoms with E-state index in [1.165, 1.54) is 73.1 Å². The van der Waals surface area contributed by atoms with Crippen LogP contribution in [0.1, 0.15) is 60.8 Å². The highest BCUT2D eigenvalue weighted by Gasteiger charge is 2.18. The van der Waals surface area contributed by atoms with Crippen molar-refractivity contribution in [3.63, 3.8) is 0 Å². The second-order valence-electron chi connectivity index (χ2n) is 10.6. The molecule has 0 saturated carbocycles. The summed E-state index contributed by atoms with van der Waals surface area (Å²) in [6.07, 6.45) is 10.7. The fraction of sp³-hybridized carbons (Fsp3) is 0.333. The summed E-state index contributed by atoms with van der Waals surface area (Å²) in [6, 6.07) is 36.2. The number of benzene rings is 4. The lowest BCUT2D eigenvalue weighted by Gasteiger charge is -2.23. The summed E-state index contributed by atoms with van der Waals surface area (Å²) >= 11 is 0. The minimum atomic E-state index is -0.284. The molecule has 0 radical (unpaired) electrons. The van der Waals surface area contributed by atoms with Crippen LogP contribution in [0.25, 0.3) is 0 Å². The van der Waals surface area contributed by atoms with E-state index in [9.17, 15) is 0 Å². The van der Waals surface area contributed by atoms with Crippen molar-refractivity contribution in [3.8, 4) is 0 Å². The Balaban J connectivity index is 1.28. The van der Waals surface area contributed by atoms with Gasteiger partial charge >= 0.3 is 0 Å². The normalized spacial score (nSPS) is 11.4. The highest BCUT2D eigenvalue weighted by molar-refractivity contribution is 7.73. The van der Waals surface area contributed by atoms with Gasteiger partial charge in [-0.3, -0.25) is 0 Å². The summed E-state index contributed by atoms with van der Waals surface area (Å²) in [5.74, 6) is 0. The Morgan fingerprint density at radius 1 is 0.342 bits per heavy atom. The van der Waals surface area contributed by atoms with Crippen molar-refractivity contribution in [2.45, 2.75) is 66.2 Å². The van der Waals surface area contributed by atoms with Crippen molar-refractivity contribution >= 4 is 37.1 Å². The predicted molar refractivity (Wildman–Crippen MR) is 175 cm³/mol. The number of aryl methyl sites for hydroxylation is 4. The third-order valence-electron chi connectivity index (χ3n) is 7.64. The van der Waals surface area contributed by atoms with Crippen LogP contribution in [0.4, 0.5) is 0 Å². The van der Waals surface area contributed by atoms with Crippen LogP contribution in [0.2, 0.25) is 0 Å². The van der Waals surface area contributed by atoms with Crippen LogP contribution in [0.5, 0.6) is 0 Å². The molecule has 0 spiro atoms. The second kappa shape index (κ2) is 14.8. The van der Waals surface area contributed by atoms with Gasteiger partial charge in [-0.2, -0.15) is 0 Å². The van der Waals surface area contributed by atoms with Gasteiger partial charge in [-0.25, -0.2) is 0 Å². The van der Waals surface area contributed by atoms with E-state index in [0.717, 1.165) is 0 Å². The first-order valence-electron chi connectivity index (χ1n) is 14.3. The molecule has 4 aromatic rings. The van der Waals surface area contributed by atoms with Crippen molar-refractivity contribution in [2.75, 3.05) is 12.3 Å². The highest BCUT2D eigenvalue weighted by atomic mass is 31.1. The Morgan fingerprint density at radius 3 is 0.842 bits per heavy atom. The largest absolute Gasteiger partial charge is 0.0620 e. The number of unbranched alkanes of at least 4 members (excludes halogenated alkanes) is 5. The van der Waals surface area contributed by atoms with Gasteiger partial charge in [0.25, 0.3) is 0 Å². The fourth-order valence-electron chi connectivity index (χ4n) is 5.45. The molecule has 38 heavy (non-hydrogen) atoms. The van der Waals surface area contributed by atoms with Gasteiger partial charge in [0.15, 0.2) is 0 Å². The molecule has 0 amide bonds. The average Bonchev–Trinajstić information content (AvgIpc) is 2.92. The number of rotatable bonds is 13. The van der Waals surface area contributed by atoms with Gasteiger partial charge in [0.1, 0.15) is 0 Å². The van der Waals surface area contributed by atoms with E-state index >= 15 is 0 Å². The summed E-state index contributed by atoms with van der Waals surface area (Å²) in [4.78, 5) is 0. The summed E-state index contributed by atoms with van der Waals surface area (Å²) in [6.45, 7) is 9.13. The Kier molecular flexibility index (Phi) is 11.2. The molecule has 0 aliphatic carbocycles. The Hall–Kier alpha value is -2.26. The van der Waals surface area contributed by atoms with Gasteiger partial charge in [-0.05, 0) is 112 Å². The quantitative estimate of drug-likeness (QED) is 0.118. The minimum Gasteiger partial charge on any atom is -0.0620 e. The van der Waals surface area contributed by atoms with Crippen molar-refractivity contribution in [3.05, 3.63) is 119 Å². The molecule has 0 atom stereocenters. The van der Waals surface area contributed by atoms with E-state index < -0.39 is 0 Å².